The largest absolute Gasteiger partial charge is 0.341 e. The number of nitrogens with zero attached hydrogens (tertiary/aromatic N) is 3. The molecule has 1 N–H and O–H groups in total. The number of rotatable bonds is 2. The summed E-state index contributed by atoms with van der Waals surface area (Å²) in [5, 5.41) is 0. The second-order valence-electron chi connectivity index (χ2n) is 6.14. The van der Waals surface area contributed by atoms with Crippen LogP contribution in [0.2, 0.25) is 0 Å². The molecule has 3 heterocycles. The van der Waals surface area contributed by atoms with Crippen LogP contribution in [0, 0.1) is 25.7 Å². The van der Waals surface area contributed by atoms with Gasteiger partial charge in [0.1, 0.15) is 5.82 Å². The van der Waals surface area contributed by atoms with E-state index in [1.165, 1.54) is 11.9 Å². The van der Waals surface area contributed by atoms with Crippen LogP contribution in [-0.2, 0) is 20.8 Å². The molecule has 0 bridgehead atoms. The molecule has 3 rings (SSSR count). The van der Waals surface area contributed by atoms with Crippen LogP contribution in [0.25, 0.3) is 0 Å². The normalized spacial score (nSPS) is 23.6. The number of aryl methyl sites for hydroxylation is 2. The summed E-state index contributed by atoms with van der Waals surface area (Å²) >= 11 is 0. The summed E-state index contributed by atoms with van der Waals surface area (Å²) in [6.45, 7) is 3.82. The molecule has 8 heteroatoms. The van der Waals surface area contributed by atoms with E-state index in [2.05, 4.69) is 9.97 Å². The molecule has 2 atom stereocenters. The third-order valence-electron chi connectivity index (χ3n) is 4.64. The Bertz CT molecular complexity index is 745. The molecule has 2 fully saturated rings. The summed E-state index contributed by atoms with van der Waals surface area (Å²) in [5.41, 5.74) is 0.521. The molecule has 1 aromatic rings. The minimum absolute atomic E-state index is 0.0773. The first-order chi connectivity index (χ1) is 10.8. The molecule has 0 saturated carbocycles. The lowest BCUT2D eigenvalue weighted by Crippen LogP contribution is -2.37. The lowest BCUT2D eigenvalue weighted by molar-refractivity contribution is -0.139. The smallest absolute Gasteiger partial charge is 0.254 e. The minimum Gasteiger partial charge on any atom is -0.341 e. The maximum atomic E-state index is 12.4. The summed E-state index contributed by atoms with van der Waals surface area (Å²) in [6, 6.07) is 0. The van der Waals surface area contributed by atoms with Crippen molar-refractivity contribution in [3.8, 4) is 0 Å². The average Bonchev–Trinajstić information content (AvgIpc) is 3.00. The second-order valence-corrected chi connectivity index (χ2v) is 6.14. The Balaban J connectivity index is 1.76. The number of imide groups is 1. The van der Waals surface area contributed by atoms with E-state index < -0.39 is 11.8 Å². The van der Waals surface area contributed by atoms with Crippen molar-refractivity contribution in [1.29, 1.82) is 0 Å². The Morgan fingerprint density at radius 3 is 2.26 bits per heavy atom. The van der Waals surface area contributed by atoms with Gasteiger partial charge in [-0.2, -0.15) is 0 Å². The van der Waals surface area contributed by atoms with Crippen molar-refractivity contribution in [1.82, 2.24) is 19.8 Å². The van der Waals surface area contributed by atoms with Gasteiger partial charge in [0, 0.05) is 31.4 Å². The van der Waals surface area contributed by atoms with Crippen LogP contribution in [0.1, 0.15) is 17.1 Å². The number of hydrogen-bond donors (Lipinski definition) is 1. The van der Waals surface area contributed by atoms with Crippen molar-refractivity contribution in [2.24, 2.45) is 11.8 Å². The quantitative estimate of drug-likeness (QED) is 0.705. The number of likely N-dealkylation sites (tertiary alicyclic amines) is 2. The molecule has 0 radical (unpaired) electrons. The molecule has 1 aromatic heterocycles. The third kappa shape index (κ3) is 2.43. The fourth-order valence-electron chi connectivity index (χ4n) is 3.34. The van der Waals surface area contributed by atoms with Gasteiger partial charge in [0.05, 0.1) is 18.3 Å². The number of amides is 3. The standard InChI is InChI=1S/C15H18N4O4/c1-7-9(13(21)17-8(2)16-7)4-12(20)19-5-10-11(6-19)15(23)18(3)14(10)22/h10-11H,4-6H2,1-3H3,(H,16,17,21)/t10-,11+. The number of aromatic nitrogens is 2. The zero-order valence-corrected chi connectivity index (χ0v) is 13.3. The Hall–Kier alpha value is -2.51. The van der Waals surface area contributed by atoms with Crippen LogP contribution in [0.15, 0.2) is 4.79 Å². The number of carbonyl (C=O) groups excluding carboxylic acids is 3. The molecule has 3 amide bonds. The number of H-pyrrole nitrogens is 1. The SMILES string of the molecule is Cc1nc(C)c(CC(=O)N2C[C@@H]3C(=O)N(C)C(=O)[C@@H]3C2)c(=O)[nH]1. The Kier molecular flexibility index (Phi) is 3.54. The molecule has 0 aromatic carbocycles. The van der Waals surface area contributed by atoms with E-state index in [9.17, 15) is 19.2 Å². The molecule has 2 aliphatic rings. The monoisotopic (exact) mass is 318 g/mol. The van der Waals surface area contributed by atoms with Gasteiger partial charge in [-0.15, -0.1) is 0 Å². The van der Waals surface area contributed by atoms with Gasteiger partial charge in [-0.1, -0.05) is 0 Å². The van der Waals surface area contributed by atoms with Crippen molar-refractivity contribution in [2.75, 3.05) is 20.1 Å². The molecule has 0 unspecified atom stereocenters. The van der Waals surface area contributed by atoms with Gasteiger partial charge in [-0.3, -0.25) is 24.1 Å². The van der Waals surface area contributed by atoms with Crippen LogP contribution in [-0.4, -0.2) is 57.6 Å². The predicted molar refractivity (Wildman–Crippen MR) is 79.4 cm³/mol. The second kappa shape index (κ2) is 5.29. The zero-order valence-electron chi connectivity index (χ0n) is 13.3. The van der Waals surface area contributed by atoms with E-state index in [1.807, 2.05) is 0 Å². The van der Waals surface area contributed by atoms with Gasteiger partial charge in [0.2, 0.25) is 17.7 Å². The van der Waals surface area contributed by atoms with Crippen molar-refractivity contribution < 1.29 is 14.4 Å². The van der Waals surface area contributed by atoms with Gasteiger partial charge in [0.25, 0.3) is 5.56 Å². The lowest BCUT2D eigenvalue weighted by Gasteiger charge is -2.19. The molecule has 23 heavy (non-hydrogen) atoms. The first kappa shape index (κ1) is 15.4. The molecule has 2 aliphatic heterocycles. The van der Waals surface area contributed by atoms with Crippen molar-refractivity contribution in [3.05, 3.63) is 27.4 Å². The maximum absolute atomic E-state index is 12.4. The summed E-state index contributed by atoms with van der Waals surface area (Å²) in [5.74, 6) is -1.14. The predicted octanol–water partition coefficient (Wildman–Crippen LogP) is -0.998. The molecule has 0 aliphatic carbocycles. The summed E-state index contributed by atoms with van der Waals surface area (Å²) in [6.07, 6.45) is -0.0773. The summed E-state index contributed by atoms with van der Waals surface area (Å²) < 4.78 is 0. The van der Waals surface area contributed by atoms with Crippen LogP contribution < -0.4 is 5.56 Å². The highest BCUT2D eigenvalue weighted by Gasteiger charge is 2.51. The van der Waals surface area contributed by atoms with E-state index in [1.54, 1.807) is 13.8 Å². The van der Waals surface area contributed by atoms with Crippen LogP contribution in [0.4, 0.5) is 0 Å². The molecular formula is C15H18N4O4. The summed E-state index contributed by atoms with van der Waals surface area (Å²) in [4.78, 5) is 57.7. The fourth-order valence-corrected chi connectivity index (χ4v) is 3.34. The highest BCUT2D eigenvalue weighted by atomic mass is 16.2. The highest BCUT2D eigenvalue weighted by Crippen LogP contribution is 2.32. The van der Waals surface area contributed by atoms with Crippen LogP contribution >= 0.6 is 0 Å². The van der Waals surface area contributed by atoms with E-state index in [0.29, 0.717) is 17.1 Å². The van der Waals surface area contributed by atoms with Gasteiger partial charge in [-0.05, 0) is 13.8 Å². The number of fused-ring (bicyclic) bond motifs is 1. The van der Waals surface area contributed by atoms with Gasteiger partial charge >= 0.3 is 0 Å². The molecule has 122 valence electrons. The Labute approximate surface area is 132 Å². The first-order valence-corrected chi connectivity index (χ1v) is 7.45. The van der Waals surface area contributed by atoms with E-state index in [4.69, 9.17) is 0 Å². The lowest BCUT2D eigenvalue weighted by atomic mass is 10.00. The van der Waals surface area contributed by atoms with Crippen molar-refractivity contribution in [3.63, 3.8) is 0 Å². The average molecular weight is 318 g/mol. The van der Waals surface area contributed by atoms with Crippen molar-refractivity contribution >= 4 is 17.7 Å². The van der Waals surface area contributed by atoms with E-state index in [0.717, 1.165) is 4.90 Å². The number of carbonyl (C=O) groups is 3. The van der Waals surface area contributed by atoms with Gasteiger partial charge in [-0.25, -0.2) is 4.98 Å². The van der Waals surface area contributed by atoms with Crippen molar-refractivity contribution in [2.45, 2.75) is 20.3 Å². The Morgan fingerprint density at radius 1 is 1.17 bits per heavy atom. The number of aromatic amines is 1. The summed E-state index contributed by atoms with van der Waals surface area (Å²) in [7, 11) is 1.47. The number of nitrogens with one attached hydrogen (secondary N) is 1. The molecule has 0 spiro atoms. The highest BCUT2D eigenvalue weighted by molar-refractivity contribution is 6.06. The molecule has 2 saturated heterocycles. The topological polar surface area (TPSA) is 103 Å². The zero-order chi connectivity index (χ0) is 16.9. The first-order valence-electron chi connectivity index (χ1n) is 7.45. The fraction of sp³-hybridized carbons (Fsp3) is 0.533. The van der Waals surface area contributed by atoms with Gasteiger partial charge < -0.3 is 9.88 Å². The molecule has 8 nitrogen and oxygen atoms in total. The number of hydrogen-bond acceptors (Lipinski definition) is 5. The van der Waals surface area contributed by atoms with Crippen LogP contribution in [0.5, 0.6) is 0 Å². The van der Waals surface area contributed by atoms with Crippen LogP contribution in [0.3, 0.4) is 0 Å². The Morgan fingerprint density at radius 2 is 1.74 bits per heavy atom. The maximum Gasteiger partial charge on any atom is 0.254 e. The van der Waals surface area contributed by atoms with E-state index >= 15 is 0 Å². The molecular weight excluding hydrogens is 300 g/mol. The minimum atomic E-state index is -0.452. The third-order valence-corrected chi connectivity index (χ3v) is 4.64. The van der Waals surface area contributed by atoms with E-state index in [-0.39, 0.29) is 42.8 Å². The van der Waals surface area contributed by atoms with Gasteiger partial charge in [0.15, 0.2) is 0 Å².